The van der Waals surface area contributed by atoms with Gasteiger partial charge >= 0.3 is 0 Å². The minimum Gasteiger partial charge on any atom is -0.320 e. The molecule has 1 fully saturated rings. The number of piperidine rings is 1. The molecule has 3 aromatic rings. The third kappa shape index (κ3) is 4.87. The van der Waals surface area contributed by atoms with Crippen LogP contribution in [0.3, 0.4) is 0 Å². The molecule has 0 spiro atoms. The van der Waals surface area contributed by atoms with Crippen LogP contribution in [0.1, 0.15) is 41.2 Å². The van der Waals surface area contributed by atoms with E-state index in [0.29, 0.717) is 18.8 Å². The van der Waals surface area contributed by atoms with Gasteiger partial charge in [0, 0.05) is 35.6 Å². The SMILES string of the molecule is CCS(=O)(=O)N1CCC(c2nc(C(=O)Nc3ccccc3-c3ccccc3)cs2)CC1. The molecule has 162 valence electrons. The van der Waals surface area contributed by atoms with E-state index in [1.807, 2.05) is 54.6 Å². The maximum Gasteiger partial charge on any atom is 0.275 e. The summed E-state index contributed by atoms with van der Waals surface area (Å²) in [5.74, 6) is 0.0762. The average molecular weight is 456 g/mol. The van der Waals surface area contributed by atoms with E-state index in [1.165, 1.54) is 11.3 Å². The molecule has 2 heterocycles. The Hall–Kier alpha value is -2.55. The molecule has 31 heavy (non-hydrogen) atoms. The molecule has 0 bridgehead atoms. The second-order valence-corrected chi connectivity index (χ2v) is 10.7. The van der Waals surface area contributed by atoms with E-state index in [-0.39, 0.29) is 17.6 Å². The van der Waals surface area contributed by atoms with Gasteiger partial charge < -0.3 is 5.32 Å². The fourth-order valence-corrected chi connectivity index (χ4v) is 5.89. The molecular formula is C23H25N3O3S2. The van der Waals surface area contributed by atoms with Crippen molar-refractivity contribution < 1.29 is 13.2 Å². The first-order valence-electron chi connectivity index (χ1n) is 10.4. The number of para-hydroxylation sites is 1. The highest BCUT2D eigenvalue weighted by Crippen LogP contribution is 2.32. The number of rotatable bonds is 6. The lowest BCUT2D eigenvalue weighted by atomic mass is 9.99. The van der Waals surface area contributed by atoms with Crippen LogP contribution in [0.15, 0.2) is 60.0 Å². The average Bonchev–Trinajstić information content (AvgIpc) is 3.31. The van der Waals surface area contributed by atoms with Gasteiger partial charge in [0.1, 0.15) is 5.69 Å². The second-order valence-electron chi connectivity index (χ2n) is 7.51. The highest BCUT2D eigenvalue weighted by atomic mass is 32.2. The van der Waals surface area contributed by atoms with Crippen molar-refractivity contribution in [2.24, 2.45) is 0 Å². The minimum absolute atomic E-state index is 0.129. The number of nitrogens with one attached hydrogen (secondary N) is 1. The van der Waals surface area contributed by atoms with Crippen molar-refractivity contribution in [1.29, 1.82) is 0 Å². The summed E-state index contributed by atoms with van der Waals surface area (Å²) < 4.78 is 25.7. The number of benzene rings is 2. The Kier molecular flexibility index (Phi) is 6.50. The van der Waals surface area contributed by atoms with Crippen LogP contribution in [-0.4, -0.2) is 42.5 Å². The smallest absolute Gasteiger partial charge is 0.275 e. The number of thiazole rings is 1. The van der Waals surface area contributed by atoms with Crippen LogP contribution in [0.4, 0.5) is 5.69 Å². The lowest BCUT2D eigenvalue weighted by Gasteiger charge is -2.29. The van der Waals surface area contributed by atoms with Crippen LogP contribution in [0.25, 0.3) is 11.1 Å². The fourth-order valence-electron chi connectivity index (χ4n) is 3.79. The van der Waals surface area contributed by atoms with Crippen molar-refractivity contribution in [3.05, 3.63) is 70.7 Å². The molecule has 1 aromatic heterocycles. The first kappa shape index (κ1) is 21.7. The third-order valence-electron chi connectivity index (χ3n) is 5.58. The van der Waals surface area contributed by atoms with E-state index < -0.39 is 10.0 Å². The Morgan fingerprint density at radius 3 is 2.48 bits per heavy atom. The molecular weight excluding hydrogens is 430 g/mol. The molecule has 8 heteroatoms. The zero-order valence-electron chi connectivity index (χ0n) is 17.3. The number of carbonyl (C=O) groups is 1. The van der Waals surface area contributed by atoms with Crippen molar-refractivity contribution in [2.75, 3.05) is 24.2 Å². The van der Waals surface area contributed by atoms with Crippen LogP contribution in [0.5, 0.6) is 0 Å². The number of aromatic nitrogens is 1. The summed E-state index contributed by atoms with van der Waals surface area (Å²) >= 11 is 1.47. The quantitative estimate of drug-likeness (QED) is 0.590. The summed E-state index contributed by atoms with van der Waals surface area (Å²) in [6.07, 6.45) is 1.45. The molecule has 1 aliphatic rings. The summed E-state index contributed by atoms with van der Waals surface area (Å²) in [4.78, 5) is 17.4. The Morgan fingerprint density at radius 1 is 1.10 bits per heavy atom. The predicted molar refractivity (Wildman–Crippen MR) is 125 cm³/mol. The summed E-state index contributed by atoms with van der Waals surface area (Å²) in [5, 5.41) is 5.67. The number of hydrogen-bond acceptors (Lipinski definition) is 5. The third-order valence-corrected chi connectivity index (χ3v) is 8.46. The number of anilines is 1. The Bertz CT molecular complexity index is 1150. The lowest BCUT2D eigenvalue weighted by molar-refractivity contribution is 0.102. The molecule has 0 unspecified atom stereocenters. The van der Waals surface area contributed by atoms with E-state index in [9.17, 15) is 13.2 Å². The normalized spacial score (nSPS) is 15.6. The molecule has 4 rings (SSSR count). The highest BCUT2D eigenvalue weighted by molar-refractivity contribution is 7.89. The number of carbonyl (C=O) groups excluding carboxylic acids is 1. The predicted octanol–water partition coefficient (Wildman–Crippen LogP) is 4.59. The number of nitrogens with zero attached hydrogens (tertiary/aromatic N) is 2. The highest BCUT2D eigenvalue weighted by Gasteiger charge is 2.29. The summed E-state index contributed by atoms with van der Waals surface area (Å²) in [6, 6.07) is 17.6. The zero-order valence-corrected chi connectivity index (χ0v) is 19.0. The lowest BCUT2D eigenvalue weighted by Crippen LogP contribution is -2.38. The molecule has 6 nitrogen and oxygen atoms in total. The van der Waals surface area contributed by atoms with E-state index in [0.717, 1.165) is 34.7 Å². The molecule has 0 aliphatic carbocycles. The van der Waals surface area contributed by atoms with Gasteiger partial charge in [0.2, 0.25) is 10.0 Å². The largest absolute Gasteiger partial charge is 0.320 e. The van der Waals surface area contributed by atoms with Crippen LogP contribution in [0, 0.1) is 0 Å². The standard InChI is InChI=1S/C23H25N3O3S2/c1-2-31(28,29)26-14-12-18(13-15-26)23-25-21(16-30-23)22(27)24-20-11-7-6-10-19(20)17-8-4-3-5-9-17/h3-11,16,18H,2,12-15H2,1H3,(H,24,27). The van der Waals surface area contributed by atoms with Crippen LogP contribution in [-0.2, 0) is 10.0 Å². The van der Waals surface area contributed by atoms with Gasteiger partial charge in [0.15, 0.2) is 0 Å². The fraction of sp³-hybridized carbons (Fsp3) is 0.304. The van der Waals surface area contributed by atoms with Gasteiger partial charge in [0.05, 0.1) is 10.8 Å². The molecule has 0 radical (unpaired) electrons. The summed E-state index contributed by atoms with van der Waals surface area (Å²) in [5.41, 5.74) is 3.13. The molecule has 1 N–H and O–H groups in total. The van der Waals surface area contributed by atoms with Gasteiger partial charge in [-0.2, -0.15) is 0 Å². The van der Waals surface area contributed by atoms with E-state index >= 15 is 0 Å². The van der Waals surface area contributed by atoms with Crippen molar-refractivity contribution in [3.8, 4) is 11.1 Å². The molecule has 1 amide bonds. The first-order valence-corrected chi connectivity index (χ1v) is 12.9. The summed E-state index contributed by atoms with van der Waals surface area (Å²) in [7, 11) is -3.14. The molecule has 0 saturated carbocycles. The maximum atomic E-state index is 12.9. The van der Waals surface area contributed by atoms with E-state index in [4.69, 9.17) is 0 Å². The first-order chi connectivity index (χ1) is 15.0. The molecule has 1 aliphatic heterocycles. The van der Waals surface area contributed by atoms with Crippen molar-refractivity contribution in [3.63, 3.8) is 0 Å². The van der Waals surface area contributed by atoms with Crippen LogP contribution in [0.2, 0.25) is 0 Å². The van der Waals surface area contributed by atoms with Gasteiger partial charge in [-0.1, -0.05) is 48.5 Å². The number of amides is 1. The molecule has 2 aromatic carbocycles. The maximum absolute atomic E-state index is 12.9. The Morgan fingerprint density at radius 2 is 1.77 bits per heavy atom. The summed E-state index contributed by atoms with van der Waals surface area (Å²) in [6.45, 7) is 2.68. The monoisotopic (exact) mass is 455 g/mol. The number of sulfonamides is 1. The van der Waals surface area contributed by atoms with Gasteiger partial charge in [-0.25, -0.2) is 17.7 Å². The van der Waals surface area contributed by atoms with Crippen LogP contribution < -0.4 is 5.32 Å². The van der Waals surface area contributed by atoms with Crippen molar-refractivity contribution >= 4 is 33.0 Å². The Balaban J connectivity index is 1.45. The number of hydrogen-bond donors (Lipinski definition) is 1. The Labute approximate surface area is 187 Å². The van der Waals surface area contributed by atoms with Crippen LogP contribution >= 0.6 is 11.3 Å². The van der Waals surface area contributed by atoms with Gasteiger partial charge in [0.25, 0.3) is 5.91 Å². The molecule has 1 saturated heterocycles. The van der Waals surface area contributed by atoms with Gasteiger partial charge in [-0.3, -0.25) is 4.79 Å². The van der Waals surface area contributed by atoms with Gasteiger partial charge in [-0.05, 0) is 31.4 Å². The molecule has 0 atom stereocenters. The van der Waals surface area contributed by atoms with E-state index in [2.05, 4.69) is 10.3 Å². The van der Waals surface area contributed by atoms with Gasteiger partial charge in [-0.15, -0.1) is 11.3 Å². The second kappa shape index (κ2) is 9.30. The van der Waals surface area contributed by atoms with Crippen molar-refractivity contribution in [1.82, 2.24) is 9.29 Å². The van der Waals surface area contributed by atoms with E-state index in [1.54, 1.807) is 16.6 Å². The zero-order chi connectivity index (χ0) is 21.8. The topological polar surface area (TPSA) is 79.4 Å². The van der Waals surface area contributed by atoms with Crippen molar-refractivity contribution in [2.45, 2.75) is 25.7 Å². The minimum atomic E-state index is -3.14.